The lowest BCUT2D eigenvalue weighted by Gasteiger charge is -2.27. The van der Waals surface area contributed by atoms with Gasteiger partial charge in [0.15, 0.2) is 0 Å². The van der Waals surface area contributed by atoms with Crippen LogP contribution in [0, 0.1) is 5.41 Å². The molecular formula is C23H24. The van der Waals surface area contributed by atoms with Gasteiger partial charge in [0.25, 0.3) is 0 Å². The molecule has 116 valence electrons. The second kappa shape index (κ2) is 4.96. The zero-order valence-electron chi connectivity index (χ0n) is 14.5. The molecule has 23 heavy (non-hydrogen) atoms. The van der Waals surface area contributed by atoms with Crippen LogP contribution in [0.3, 0.4) is 0 Å². The van der Waals surface area contributed by atoms with Crippen LogP contribution in [0.4, 0.5) is 0 Å². The molecule has 0 aliphatic heterocycles. The zero-order valence-corrected chi connectivity index (χ0v) is 14.5. The third-order valence-corrected chi connectivity index (χ3v) is 5.39. The van der Waals surface area contributed by atoms with Crippen molar-refractivity contribution in [2.45, 2.75) is 40.0 Å². The number of hydrogen-bond donors (Lipinski definition) is 0. The van der Waals surface area contributed by atoms with Gasteiger partial charge < -0.3 is 0 Å². The van der Waals surface area contributed by atoms with Crippen molar-refractivity contribution in [2.75, 3.05) is 0 Å². The molecule has 0 heterocycles. The molecule has 0 heteroatoms. The van der Waals surface area contributed by atoms with Crippen LogP contribution in [0.2, 0.25) is 0 Å². The molecule has 0 saturated carbocycles. The van der Waals surface area contributed by atoms with E-state index in [4.69, 9.17) is 0 Å². The van der Waals surface area contributed by atoms with Crippen LogP contribution in [-0.2, 0) is 0 Å². The van der Waals surface area contributed by atoms with Crippen LogP contribution >= 0.6 is 0 Å². The molecule has 0 unspecified atom stereocenters. The van der Waals surface area contributed by atoms with Crippen molar-refractivity contribution < 1.29 is 0 Å². The number of fused-ring (bicyclic) bond motifs is 3. The minimum Gasteiger partial charge on any atom is -0.0772 e. The molecule has 0 amide bonds. The van der Waals surface area contributed by atoms with Crippen molar-refractivity contribution in [1.82, 2.24) is 0 Å². The maximum Gasteiger partial charge on any atom is 0.0354 e. The lowest BCUT2D eigenvalue weighted by atomic mass is 9.77. The molecule has 0 bridgehead atoms. The Labute approximate surface area is 139 Å². The van der Waals surface area contributed by atoms with Gasteiger partial charge in [-0.3, -0.25) is 0 Å². The summed E-state index contributed by atoms with van der Waals surface area (Å²) in [5.41, 5.74) is 10.6. The highest BCUT2D eigenvalue weighted by Crippen LogP contribution is 2.53. The van der Waals surface area contributed by atoms with E-state index in [-0.39, 0.29) is 5.41 Å². The number of rotatable bonds is 1. The second-order valence-corrected chi connectivity index (χ2v) is 7.84. The zero-order chi connectivity index (χ0) is 16.2. The van der Waals surface area contributed by atoms with Gasteiger partial charge in [-0.05, 0) is 46.6 Å². The molecule has 2 aromatic rings. The Morgan fingerprint density at radius 1 is 0.826 bits per heavy atom. The Balaban J connectivity index is 2.01. The van der Waals surface area contributed by atoms with Gasteiger partial charge in [-0.25, -0.2) is 0 Å². The summed E-state index contributed by atoms with van der Waals surface area (Å²) >= 11 is 0. The van der Waals surface area contributed by atoms with Gasteiger partial charge in [0.2, 0.25) is 0 Å². The molecule has 0 fully saturated rings. The first-order chi connectivity index (χ1) is 11.0. The smallest absolute Gasteiger partial charge is 0.0354 e. The number of allylic oxidation sites excluding steroid dienone is 4. The Morgan fingerprint density at radius 2 is 1.35 bits per heavy atom. The SMILES string of the molecule is CC1=CCC(C(C)(C)C)=C1C1c2ccccc2-c2ccccc21. The molecule has 2 aliphatic rings. The predicted octanol–water partition coefficient (Wildman–Crippen LogP) is 6.49. The Morgan fingerprint density at radius 3 is 1.87 bits per heavy atom. The standard InChI is InChI=1S/C23H24/c1-15-13-14-20(23(2,3)4)21(15)22-18-11-7-5-9-16(18)17-10-6-8-12-19(17)22/h5-13,22H,14H2,1-4H3. The first-order valence-corrected chi connectivity index (χ1v) is 8.57. The molecule has 0 N–H and O–H groups in total. The molecule has 2 aromatic carbocycles. The van der Waals surface area contributed by atoms with Gasteiger partial charge in [-0.2, -0.15) is 0 Å². The van der Waals surface area contributed by atoms with E-state index in [0.717, 1.165) is 6.42 Å². The summed E-state index contributed by atoms with van der Waals surface area (Å²) in [6.45, 7) is 9.34. The molecule has 0 radical (unpaired) electrons. The average Bonchev–Trinajstić information content (AvgIpc) is 3.05. The summed E-state index contributed by atoms with van der Waals surface area (Å²) in [6.07, 6.45) is 3.52. The predicted molar refractivity (Wildman–Crippen MR) is 98.6 cm³/mol. The average molecular weight is 300 g/mol. The molecule has 4 rings (SSSR count). The van der Waals surface area contributed by atoms with Crippen LogP contribution < -0.4 is 0 Å². The van der Waals surface area contributed by atoms with Crippen LogP contribution in [0.1, 0.15) is 51.2 Å². The Hall–Kier alpha value is -2.08. The highest BCUT2D eigenvalue weighted by atomic mass is 14.4. The van der Waals surface area contributed by atoms with E-state index in [9.17, 15) is 0 Å². The van der Waals surface area contributed by atoms with Gasteiger partial charge in [-0.15, -0.1) is 0 Å². The van der Waals surface area contributed by atoms with E-state index in [1.165, 1.54) is 27.8 Å². The maximum atomic E-state index is 2.42. The maximum absolute atomic E-state index is 2.42. The second-order valence-electron chi connectivity index (χ2n) is 7.84. The third-order valence-electron chi connectivity index (χ3n) is 5.39. The van der Waals surface area contributed by atoms with Gasteiger partial charge >= 0.3 is 0 Å². The molecule has 0 atom stereocenters. The highest BCUT2D eigenvalue weighted by Gasteiger charge is 2.36. The molecule has 0 aromatic heterocycles. The molecule has 0 nitrogen and oxygen atoms in total. The summed E-state index contributed by atoms with van der Waals surface area (Å²) in [4.78, 5) is 0. The fourth-order valence-corrected chi connectivity index (χ4v) is 4.29. The summed E-state index contributed by atoms with van der Waals surface area (Å²) < 4.78 is 0. The van der Waals surface area contributed by atoms with Crippen LogP contribution in [0.5, 0.6) is 0 Å². The number of hydrogen-bond acceptors (Lipinski definition) is 0. The Kier molecular flexibility index (Phi) is 3.13. The van der Waals surface area contributed by atoms with E-state index in [1.807, 2.05) is 0 Å². The normalized spacial score (nSPS) is 17.3. The number of benzene rings is 2. The highest BCUT2D eigenvalue weighted by molar-refractivity contribution is 5.81. The minimum atomic E-state index is 0.218. The van der Waals surface area contributed by atoms with E-state index in [2.05, 4.69) is 82.3 Å². The van der Waals surface area contributed by atoms with Crippen LogP contribution in [0.25, 0.3) is 11.1 Å². The van der Waals surface area contributed by atoms with E-state index >= 15 is 0 Å². The van der Waals surface area contributed by atoms with E-state index in [0.29, 0.717) is 5.92 Å². The van der Waals surface area contributed by atoms with Crippen LogP contribution in [-0.4, -0.2) is 0 Å². The van der Waals surface area contributed by atoms with E-state index < -0.39 is 0 Å². The fraction of sp³-hybridized carbons (Fsp3) is 0.304. The minimum absolute atomic E-state index is 0.218. The van der Waals surface area contributed by atoms with Gasteiger partial charge in [0.05, 0.1) is 0 Å². The van der Waals surface area contributed by atoms with Crippen molar-refractivity contribution in [3.8, 4) is 11.1 Å². The van der Waals surface area contributed by atoms with Crippen molar-refractivity contribution in [3.05, 3.63) is 82.5 Å². The first kappa shape index (κ1) is 14.5. The van der Waals surface area contributed by atoms with Crippen molar-refractivity contribution >= 4 is 0 Å². The van der Waals surface area contributed by atoms with Crippen molar-refractivity contribution in [1.29, 1.82) is 0 Å². The summed E-state index contributed by atoms with van der Waals surface area (Å²) in [6, 6.07) is 17.9. The van der Waals surface area contributed by atoms with Gasteiger partial charge in [0, 0.05) is 5.92 Å². The molecule has 2 aliphatic carbocycles. The molecule has 0 spiro atoms. The van der Waals surface area contributed by atoms with Crippen molar-refractivity contribution in [2.24, 2.45) is 5.41 Å². The first-order valence-electron chi connectivity index (χ1n) is 8.57. The van der Waals surface area contributed by atoms with Gasteiger partial charge in [-0.1, -0.05) is 86.5 Å². The largest absolute Gasteiger partial charge is 0.0772 e. The van der Waals surface area contributed by atoms with Crippen LogP contribution in [0.15, 0.2) is 71.3 Å². The lowest BCUT2D eigenvalue weighted by Crippen LogP contribution is -2.13. The summed E-state index contributed by atoms with van der Waals surface area (Å²) in [7, 11) is 0. The molecule has 0 saturated heterocycles. The quantitative estimate of drug-likeness (QED) is 0.564. The van der Waals surface area contributed by atoms with Crippen molar-refractivity contribution in [3.63, 3.8) is 0 Å². The monoisotopic (exact) mass is 300 g/mol. The lowest BCUT2D eigenvalue weighted by molar-refractivity contribution is 0.490. The topological polar surface area (TPSA) is 0 Å². The van der Waals surface area contributed by atoms with Gasteiger partial charge in [0.1, 0.15) is 0 Å². The summed E-state index contributed by atoms with van der Waals surface area (Å²) in [5.74, 6) is 0.398. The van der Waals surface area contributed by atoms with E-state index in [1.54, 1.807) is 11.1 Å². The molecular weight excluding hydrogens is 276 g/mol. The summed E-state index contributed by atoms with van der Waals surface area (Å²) in [5, 5.41) is 0. The Bertz CT molecular complexity index is 795. The third kappa shape index (κ3) is 2.12. The fourth-order valence-electron chi connectivity index (χ4n) is 4.29.